The number of nitrogens with one attached hydrogen (secondary N) is 2. The van der Waals surface area contributed by atoms with Gasteiger partial charge in [0.05, 0.1) is 0 Å². The maximum Gasteiger partial charge on any atom is 0.328 e. The summed E-state index contributed by atoms with van der Waals surface area (Å²) in [5, 5.41) is 17.3. The summed E-state index contributed by atoms with van der Waals surface area (Å²) in [6, 6.07) is 0. The van der Waals surface area contributed by atoms with Gasteiger partial charge in [0.25, 0.3) is 5.91 Å². The van der Waals surface area contributed by atoms with E-state index in [2.05, 4.69) is 27.4 Å². The largest absolute Gasteiger partial charge is 0.478 e. The molecule has 1 rings (SSSR count). The lowest BCUT2D eigenvalue weighted by atomic mass is 10.1. The van der Waals surface area contributed by atoms with Crippen LogP contribution < -0.4 is 5.32 Å². The molecule has 0 saturated carbocycles. The fourth-order valence-corrected chi connectivity index (χ4v) is 1.48. The Morgan fingerprint density at radius 3 is 2.79 bits per heavy atom. The zero-order valence-corrected chi connectivity index (χ0v) is 10.8. The van der Waals surface area contributed by atoms with Crippen molar-refractivity contribution in [3.8, 4) is 0 Å². The molecule has 0 unspecified atom stereocenters. The molecule has 7 nitrogen and oxygen atoms in total. The summed E-state index contributed by atoms with van der Waals surface area (Å²) in [7, 11) is 0. The van der Waals surface area contributed by atoms with Crippen molar-refractivity contribution in [1.29, 1.82) is 0 Å². The van der Waals surface area contributed by atoms with Gasteiger partial charge in [-0.25, -0.2) is 4.79 Å². The van der Waals surface area contributed by atoms with E-state index in [-0.39, 0.29) is 5.95 Å². The molecule has 1 amide bonds. The first-order chi connectivity index (χ1) is 9.11. The van der Waals surface area contributed by atoms with E-state index in [4.69, 9.17) is 5.11 Å². The Hall–Kier alpha value is -2.18. The van der Waals surface area contributed by atoms with Crippen molar-refractivity contribution >= 4 is 17.8 Å². The summed E-state index contributed by atoms with van der Waals surface area (Å²) in [5.41, 5.74) is 0. The molecule has 1 heterocycles. The molecular weight excluding hydrogens is 248 g/mol. The summed E-state index contributed by atoms with van der Waals surface area (Å²) in [4.78, 5) is 25.6. The van der Waals surface area contributed by atoms with E-state index in [9.17, 15) is 9.59 Å². The van der Waals surface area contributed by atoms with E-state index in [1.165, 1.54) is 12.8 Å². The first-order valence-corrected chi connectivity index (χ1v) is 6.25. The van der Waals surface area contributed by atoms with E-state index < -0.39 is 11.9 Å². The molecule has 1 aromatic rings. The Morgan fingerprint density at radius 1 is 1.32 bits per heavy atom. The second kappa shape index (κ2) is 8.02. The van der Waals surface area contributed by atoms with Crippen LogP contribution in [0.5, 0.6) is 0 Å². The second-order valence-electron chi connectivity index (χ2n) is 4.08. The number of aromatic amines is 1. The quantitative estimate of drug-likeness (QED) is 0.488. The Kier molecular flexibility index (Phi) is 6.28. The number of unbranched alkanes of at least 4 members (excludes halogenated alkanes) is 3. The first-order valence-electron chi connectivity index (χ1n) is 6.25. The summed E-state index contributed by atoms with van der Waals surface area (Å²) < 4.78 is 0. The summed E-state index contributed by atoms with van der Waals surface area (Å²) in [6.45, 7) is 2.15. The minimum Gasteiger partial charge on any atom is -0.478 e. The van der Waals surface area contributed by atoms with Crippen molar-refractivity contribution in [2.75, 3.05) is 5.32 Å². The fraction of sp³-hybridized carbons (Fsp3) is 0.500. The molecule has 104 valence electrons. The van der Waals surface area contributed by atoms with Crippen molar-refractivity contribution in [3.05, 3.63) is 18.0 Å². The Morgan fingerprint density at radius 2 is 2.11 bits per heavy atom. The van der Waals surface area contributed by atoms with Gasteiger partial charge in [-0.3, -0.25) is 15.2 Å². The molecule has 0 aromatic carbocycles. The molecule has 0 aliphatic rings. The predicted molar refractivity (Wildman–Crippen MR) is 69.6 cm³/mol. The number of aliphatic carboxylic acids is 1. The van der Waals surface area contributed by atoms with Crippen LogP contribution >= 0.6 is 0 Å². The number of aromatic nitrogens is 3. The highest BCUT2D eigenvalue weighted by molar-refractivity contribution is 6.01. The maximum atomic E-state index is 11.3. The van der Waals surface area contributed by atoms with Crippen molar-refractivity contribution in [2.24, 2.45) is 0 Å². The van der Waals surface area contributed by atoms with Crippen molar-refractivity contribution in [2.45, 2.75) is 39.0 Å². The van der Waals surface area contributed by atoms with Gasteiger partial charge in [0.1, 0.15) is 5.82 Å². The number of anilines is 1. The molecule has 0 aliphatic carbocycles. The molecule has 19 heavy (non-hydrogen) atoms. The predicted octanol–water partition coefficient (Wildman–Crippen LogP) is 1.51. The monoisotopic (exact) mass is 266 g/mol. The number of H-pyrrole nitrogens is 1. The van der Waals surface area contributed by atoms with Gasteiger partial charge < -0.3 is 5.11 Å². The molecule has 0 aliphatic heterocycles. The molecule has 0 atom stereocenters. The van der Waals surface area contributed by atoms with Gasteiger partial charge >= 0.3 is 5.97 Å². The third kappa shape index (κ3) is 6.35. The van der Waals surface area contributed by atoms with Crippen LogP contribution in [0.1, 0.15) is 38.4 Å². The van der Waals surface area contributed by atoms with E-state index in [0.29, 0.717) is 5.82 Å². The minimum atomic E-state index is -1.18. The number of carboxylic acid groups (broad SMARTS) is 1. The van der Waals surface area contributed by atoms with Crippen LogP contribution in [0.4, 0.5) is 5.95 Å². The van der Waals surface area contributed by atoms with E-state index in [0.717, 1.165) is 31.4 Å². The van der Waals surface area contributed by atoms with Gasteiger partial charge in [0, 0.05) is 18.6 Å². The first kappa shape index (κ1) is 14.9. The van der Waals surface area contributed by atoms with Crippen LogP contribution in [0.15, 0.2) is 12.2 Å². The molecule has 1 aromatic heterocycles. The van der Waals surface area contributed by atoms with Gasteiger partial charge in [0.2, 0.25) is 5.95 Å². The molecule has 0 saturated heterocycles. The molecular formula is C12H18N4O3. The Balaban J connectivity index is 2.37. The number of aryl methyl sites for hydroxylation is 1. The van der Waals surface area contributed by atoms with Gasteiger partial charge in [-0.15, -0.1) is 5.10 Å². The summed E-state index contributed by atoms with van der Waals surface area (Å²) >= 11 is 0. The van der Waals surface area contributed by atoms with Crippen LogP contribution in [0.25, 0.3) is 0 Å². The Bertz CT molecular complexity index is 454. The van der Waals surface area contributed by atoms with Crippen LogP contribution in [0, 0.1) is 0 Å². The lowest BCUT2D eigenvalue weighted by Crippen LogP contribution is -2.10. The van der Waals surface area contributed by atoms with Crippen LogP contribution in [0.3, 0.4) is 0 Å². The summed E-state index contributed by atoms with van der Waals surface area (Å²) in [5.74, 6) is -0.875. The van der Waals surface area contributed by atoms with Gasteiger partial charge in [0.15, 0.2) is 0 Å². The highest BCUT2D eigenvalue weighted by Gasteiger charge is 2.05. The zero-order chi connectivity index (χ0) is 14.1. The van der Waals surface area contributed by atoms with Crippen molar-refractivity contribution in [3.63, 3.8) is 0 Å². The zero-order valence-electron chi connectivity index (χ0n) is 10.8. The average molecular weight is 266 g/mol. The van der Waals surface area contributed by atoms with Crippen LogP contribution in [-0.4, -0.2) is 32.2 Å². The van der Waals surface area contributed by atoms with Gasteiger partial charge in [-0.1, -0.05) is 26.2 Å². The number of hydrogen-bond donors (Lipinski definition) is 3. The summed E-state index contributed by atoms with van der Waals surface area (Å²) in [6.07, 6.45) is 6.99. The smallest absolute Gasteiger partial charge is 0.328 e. The number of hydrogen-bond acceptors (Lipinski definition) is 4. The highest BCUT2D eigenvalue weighted by Crippen LogP contribution is 2.05. The molecule has 0 fully saturated rings. The SMILES string of the molecule is CCCCCCc1nc(NC(=O)/C=C/C(=O)O)n[nH]1. The van der Waals surface area contributed by atoms with E-state index in [1.54, 1.807) is 0 Å². The standard InChI is InChI=1S/C12H18N4O3/c1-2-3-4-5-6-9-13-12(16-15-9)14-10(17)7-8-11(18)19/h7-8H,2-6H2,1H3,(H,18,19)(H2,13,14,15,16,17)/b8-7+. The molecule has 0 radical (unpaired) electrons. The number of carboxylic acids is 1. The van der Waals surface area contributed by atoms with Crippen molar-refractivity contribution < 1.29 is 14.7 Å². The molecule has 3 N–H and O–H groups in total. The normalized spacial score (nSPS) is 10.8. The number of carbonyl (C=O) groups excluding carboxylic acids is 1. The third-order valence-corrected chi connectivity index (χ3v) is 2.41. The number of nitrogens with zero attached hydrogens (tertiary/aromatic N) is 2. The number of carbonyl (C=O) groups is 2. The van der Waals surface area contributed by atoms with Gasteiger partial charge in [-0.05, 0) is 6.42 Å². The average Bonchev–Trinajstić information content (AvgIpc) is 2.80. The molecule has 0 bridgehead atoms. The van der Waals surface area contributed by atoms with Crippen LogP contribution in [-0.2, 0) is 16.0 Å². The fourth-order valence-electron chi connectivity index (χ4n) is 1.48. The van der Waals surface area contributed by atoms with Gasteiger partial charge in [-0.2, -0.15) is 4.98 Å². The highest BCUT2D eigenvalue weighted by atomic mass is 16.4. The molecule has 7 heteroatoms. The second-order valence-corrected chi connectivity index (χ2v) is 4.08. The van der Waals surface area contributed by atoms with E-state index in [1.807, 2.05) is 0 Å². The lowest BCUT2D eigenvalue weighted by Gasteiger charge is -1.95. The van der Waals surface area contributed by atoms with Crippen molar-refractivity contribution in [1.82, 2.24) is 15.2 Å². The number of rotatable bonds is 8. The molecule has 0 spiro atoms. The third-order valence-electron chi connectivity index (χ3n) is 2.41. The Labute approximate surface area is 111 Å². The van der Waals surface area contributed by atoms with Crippen LogP contribution in [0.2, 0.25) is 0 Å². The van der Waals surface area contributed by atoms with E-state index >= 15 is 0 Å². The number of amides is 1. The lowest BCUT2D eigenvalue weighted by molar-refractivity contribution is -0.131. The topological polar surface area (TPSA) is 108 Å². The maximum absolute atomic E-state index is 11.3. The minimum absolute atomic E-state index is 0.158.